The van der Waals surface area contributed by atoms with Gasteiger partial charge in [-0.3, -0.25) is 4.72 Å². The third-order valence-electron chi connectivity index (χ3n) is 6.41. The monoisotopic (exact) mass is 494 g/mol. The highest BCUT2D eigenvalue weighted by atomic mass is 35.5. The van der Waals surface area contributed by atoms with E-state index in [2.05, 4.69) is 22.2 Å². The van der Waals surface area contributed by atoms with Crippen molar-refractivity contribution in [1.82, 2.24) is 0 Å². The molecule has 34 heavy (non-hydrogen) atoms. The van der Waals surface area contributed by atoms with Gasteiger partial charge in [-0.15, -0.1) is 0 Å². The van der Waals surface area contributed by atoms with Crippen LogP contribution in [0.4, 0.5) is 11.4 Å². The maximum Gasteiger partial charge on any atom is 0.337 e. The van der Waals surface area contributed by atoms with Crippen molar-refractivity contribution in [3.05, 3.63) is 101 Å². The van der Waals surface area contributed by atoms with Gasteiger partial charge < -0.3 is 10.1 Å². The largest absolute Gasteiger partial charge is 0.465 e. The lowest BCUT2D eigenvalue weighted by atomic mass is 9.77. The minimum absolute atomic E-state index is 0.0336. The molecular weight excluding hydrogens is 472 g/mol. The van der Waals surface area contributed by atoms with E-state index in [1.165, 1.54) is 7.11 Å². The zero-order valence-electron chi connectivity index (χ0n) is 18.4. The molecule has 3 aromatic rings. The fourth-order valence-corrected chi connectivity index (χ4v) is 6.05. The number of hydrogen-bond acceptors (Lipinski definition) is 5. The van der Waals surface area contributed by atoms with Crippen LogP contribution in [0.1, 0.15) is 39.9 Å². The molecule has 0 spiro atoms. The van der Waals surface area contributed by atoms with E-state index >= 15 is 0 Å². The molecule has 8 heteroatoms. The van der Waals surface area contributed by atoms with Gasteiger partial charge in [0.25, 0.3) is 10.0 Å². The molecule has 0 unspecified atom stereocenters. The Morgan fingerprint density at radius 2 is 1.88 bits per heavy atom. The Morgan fingerprint density at radius 1 is 1.09 bits per heavy atom. The summed E-state index contributed by atoms with van der Waals surface area (Å²) in [4.78, 5) is 12.0. The molecule has 1 aliphatic carbocycles. The first-order valence-electron chi connectivity index (χ1n) is 10.9. The number of allylic oxidation sites excluding steroid dienone is 2. The molecule has 174 valence electrons. The van der Waals surface area contributed by atoms with Crippen LogP contribution in [-0.2, 0) is 14.8 Å². The summed E-state index contributed by atoms with van der Waals surface area (Å²) in [6, 6.07) is 19.3. The molecule has 0 saturated carbocycles. The molecule has 5 rings (SSSR count). The predicted molar refractivity (Wildman–Crippen MR) is 133 cm³/mol. The van der Waals surface area contributed by atoms with Crippen LogP contribution in [0.15, 0.2) is 83.8 Å². The van der Waals surface area contributed by atoms with E-state index in [0.717, 1.165) is 23.2 Å². The molecule has 3 atom stereocenters. The Labute approximate surface area is 203 Å². The molecule has 0 bridgehead atoms. The summed E-state index contributed by atoms with van der Waals surface area (Å²) in [7, 11) is -2.41. The molecule has 6 nitrogen and oxygen atoms in total. The van der Waals surface area contributed by atoms with Crippen molar-refractivity contribution in [1.29, 1.82) is 0 Å². The lowest BCUT2D eigenvalue weighted by molar-refractivity contribution is 0.0600. The van der Waals surface area contributed by atoms with Crippen molar-refractivity contribution < 1.29 is 17.9 Å². The van der Waals surface area contributed by atoms with Crippen molar-refractivity contribution in [2.45, 2.75) is 23.3 Å². The molecule has 2 aliphatic rings. The smallest absolute Gasteiger partial charge is 0.337 e. The van der Waals surface area contributed by atoms with Gasteiger partial charge in [0.1, 0.15) is 0 Å². The van der Waals surface area contributed by atoms with Crippen LogP contribution >= 0.6 is 11.6 Å². The highest BCUT2D eigenvalue weighted by molar-refractivity contribution is 7.92. The molecule has 0 fully saturated rings. The lowest BCUT2D eigenvalue weighted by Gasteiger charge is -2.37. The number of nitrogens with one attached hydrogen (secondary N) is 2. The summed E-state index contributed by atoms with van der Waals surface area (Å²) in [6.07, 6.45) is 5.17. The van der Waals surface area contributed by atoms with E-state index in [1.54, 1.807) is 48.5 Å². The zero-order valence-corrected chi connectivity index (χ0v) is 19.9. The third-order valence-corrected chi connectivity index (χ3v) is 8.03. The average molecular weight is 495 g/mol. The summed E-state index contributed by atoms with van der Waals surface area (Å²) in [5, 5.41) is 4.05. The number of ether oxygens (including phenoxy) is 1. The number of halogens is 1. The minimum atomic E-state index is -3.78. The first-order valence-corrected chi connectivity index (χ1v) is 12.8. The number of fused-ring (bicyclic) bond motifs is 3. The highest BCUT2D eigenvalue weighted by Crippen LogP contribution is 2.50. The van der Waals surface area contributed by atoms with Gasteiger partial charge in [0, 0.05) is 16.6 Å². The van der Waals surface area contributed by atoms with Crippen LogP contribution in [0.5, 0.6) is 0 Å². The highest BCUT2D eigenvalue weighted by Gasteiger charge is 2.38. The minimum Gasteiger partial charge on any atom is -0.465 e. The predicted octanol–water partition coefficient (Wildman–Crippen LogP) is 5.75. The van der Waals surface area contributed by atoms with Crippen molar-refractivity contribution in [3.63, 3.8) is 0 Å². The van der Waals surface area contributed by atoms with E-state index in [0.29, 0.717) is 16.3 Å². The first-order chi connectivity index (χ1) is 16.4. The first kappa shape index (κ1) is 22.5. The number of sulfonamides is 1. The summed E-state index contributed by atoms with van der Waals surface area (Å²) in [6.45, 7) is 0. The molecule has 0 aromatic heterocycles. The van der Waals surface area contributed by atoms with Crippen molar-refractivity contribution >= 4 is 39.0 Å². The van der Waals surface area contributed by atoms with Gasteiger partial charge in [-0.05, 0) is 72.0 Å². The molecular formula is C26H23ClN2O4S. The van der Waals surface area contributed by atoms with Gasteiger partial charge in [-0.2, -0.15) is 0 Å². The van der Waals surface area contributed by atoms with Gasteiger partial charge in [0.05, 0.1) is 29.3 Å². The molecule has 1 aliphatic heterocycles. The van der Waals surface area contributed by atoms with E-state index in [-0.39, 0.29) is 28.7 Å². The number of esters is 1. The van der Waals surface area contributed by atoms with E-state index in [4.69, 9.17) is 16.3 Å². The normalized spacial score (nSPS) is 20.7. The second kappa shape index (κ2) is 8.81. The quantitative estimate of drug-likeness (QED) is 0.348. The topological polar surface area (TPSA) is 84.5 Å². The molecule has 0 radical (unpaired) electrons. The Balaban J connectivity index is 1.45. The third kappa shape index (κ3) is 4.17. The molecule has 0 amide bonds. The van der Waals surface area contributed by atoms with Crippen molar-refractivity contribution in [2.24, 2.45) is 5.92 Å². The van der Waals surface area contributed by atoms with Gasteiger partial charge in [0.15, 0.2) is 0 Å². The van der Waals surface area contributed by atoms with Crippen LogP contribution in [0, 0.1) is 5.92 Å². The van der Waals surface area contributed by atoms with Crippen LogP contribution in [0.3, 0.4) is 0 Å². The number of benzene rings is 3. The summed E-state index contributed by atoms with van der Waals surface area (Å²) < 4.78 is 33.5. The number of rotatable bonds is 5. The maximum atomic E-state index is 13.1. The Kier molecular flexibility index (Phi) is 5.83. The maximum absolute atomic E-state index is 13.1. The Bertz CT molecular complexity index is 1390. The van der Waals surface area contributed by atoms with Crippen LogP contribution < -0.4 is 10.0 Å². The standard InChI is InChI=1S/C26H23ClN2O4S/c1-33-26(30)17-10-8-16(9-11-17)25-22-7-3-6-21(22)23-15-20(12-13-24(23)28-25)34(31,32)29-19-5-2-4-18(27)14-19/h2-6,8-15,21-22,25,28-29H,7H2,1H3/t21-,22+,25+/m0/s1. The summed E-state index contributed by atoms with van der Waals surface area (Å²) in [5.74, 6) is -0.0489. The summed E-state index contributed by atoms with van der Waals surface area (Å²) in [5.41, 5.74) is 3.84. The fourth-order valence-electron chi connectivity index (χ4n) is 4.78. The van der Waals surface area contributed by atoms with Crippen LogP contribution in [0.2, 0.25) is 5.02 Å². The SMILES string of the molecule is COC(=O)c1ccc([C@H]2Nc3ccc(S(=O)(=O)Nc4cccc(Cl)c4)cc3[C@H]3C=CC[C@H]32)cc1. The van der Waals surface area contributed by atoms with Crippen molar-refractivity contribution in [2.75, 3.05) is 17.1 Å². The van der Waals surface area contributed by atoms with E-state index < -0.39 is 10.0 Å². The molecule has 3 aromatic carbocycles. The number of anilines is 2. The fraction of sp³-hybridized carbons (Fsp3) is 0.192. The van der Waals surface area contributed by atoms with Gasteiger partial charge >= 0.3 is 5.97 Å². The molecule has 2 N–H and O–H groups in total. The van der Waals surface area contributed by atoms with Crippen molar-refractivity contribution in [3.8, 4) is 0 Å². The average Bonchev–Trinajstić information content (AvgIpc) is 3.33. The molecule has 0 saturated heterocycles. The number of carbonyl (C=O) groups excluding carboxylic acids is 1. The van der Waals surface area contributed by atoms with Gasteiger partial charge in [0.2, 0.25) is 0 Å². The zero-order chi connectivity index (χ0) is 23.9. The second-order valence-electron chi connectivity index (χ2n) is 8.45. The lowest BCUT2D eigenvalue weighted by Crippen LogP contribution is -2.29. The van der Waals surface area contributed by atoms with Gasteiger partial charge in [-0.25, -0.2) is 13.2 Å². The second-order valence-corrected chi connectivity index (χ2v) is 10.6. The Morgan fingerprint density at radius 3 is 2.62 bits per heavy atom. The Hall–Kier alpha value is -3.29. The number of hydrogen-bond donors (Lipinski definition) is 2. The number of methoxy groups -OCH3 is 1. The number of carbonyl (C=O) groups is 1. The van der Waals surface area contributed by atoms with Crippen LogP contribution in [-0.4, -0.2) is 21.5 Å². The van der Waals surface area contributed by atoms with Gasteiger partial charge in [-0.1, -0.05) is 42.0 Å². The molecule has 1 heterocycles. The van der Waals surface area contributed by atoms with E-state index in [9.17, 15) is 13.2 Å². The van der Waals surface area contributed by atoms with E-state index in [1.807, 2.05) is 18.2 Å². The summed E-state index contributed by atoms with van der Waals surface area (Å²) >= 11 is 6.00. The van der Waals surface area contributed by atoms with Crippen LogP contribution in [0.25, 0.3) is 0 Å².